The highest BCUT2D eigenvalue weighted by Crippen LogP contribution is 2.27. The molecule has 3 rings (SSSR count). The molecule has 1 aromatic carbocycles. The molecule has 3 aromatic rings. The number of aromatic nitrogens is 3. The molecule has 0 bridgehead atoms. The fourth-order valence-corrected chi connectivity index (χ4v) is 2.03. The Bertz CT molecular complexity index is 657. The topological polar surface area (TPSA) is 30.7 Å². The number of para-hydroxylation sites is 1. The Hall–Kier alpha value is -1.61. The minimum absolute atomic E-state index is 0.462. The third-order valence-electron chi connectivity index (χ3n) is 2.44. The van der Waals surface area contributed by atoms with E-state index in [1.807, 2.05) is 37.5 Å². The number of pyridine rings is 1. The van der Waals surface area contributed by atoms with Gasteiger partial charge in [-0.15, -0.1) is 0 Å². The average Bonchev–Trinajstić information content (AvgIpc) is 2.61. The van der Waals surface area contributed by atoms with Crippen LogP contribution in [0, 0.1) is 0 Å². The molecule has 0 saturated heterocycles. The Morgan fingerprint density at radius 2 is 2.00 bits per heavy atom. The molecule has 0 saturated carbocycles. The van der Waals surface area contributed by atoms with Crippen molar-refractivity contribution in [2.75, 3.05) is 0 Å². The lowest BCUT2D eigenvalue weighted by atomic mass is 10.1. The normalized spacial score (nSPS) is 11.3. The summed E-state index contributed by atoms with van der Waals surface area (Å²) < 4.78 is 1.75. The molecule has 0 fully saturated rings. The molecule has 0 radical (unpaired) electrons. The number of rotatable bonds is 0. The molecule has 2 aromatic heterocycles. The maximum Gasteiger partial charge on any atom is 0.157 e. The zero-order chi connectivity index (χ0) is 10.4. The zero-order valence-electron chi connectivity index (χ0n) is 8.11. The van der Waals surface area contributed by atoms with Gasteiger partial charge in [0.2, 0.25) is 0 Å². The van der Waals surface area contributed by atoms with Gasteiger partial charge >= 0.3 is 0 Å². The minimum atomic E-state index is 0.462. The van der Waals surface area contributed by atoms with Gasteiger partial charge in [-0.25, -0.2) is 4.98 Å². The van der Waals surface area contributed by atoms with Gasteiger partial charge in [0.1, 0.15) is 5.52 Å². The number of hydrogen-bond donors (Lipinski definition) is 0. The molecule has 0 unspecified atom stereocenters. The van der Waals surface area contributed by atoms with E-state index in [1.165, 1.54) is 0 Å². The standard InChI is InChI=1S/C11H8ClN3/c1-15-6-8-7-4-2-3-5-9(7)13-11(12)10(8)14-15/h2-6H,1H3. The second kappa shape index (κ2) is 2.94. The first-order valence-corrected chi connectivity index (χ1v) is 5.01. The van der Waals surface area contributed by atoms with Crippen LogP contribution in [0.25, 0.3) is 21.8 Å². The van der Waals surface area contributed by atoms with Crippen molar-refractivity contribution in [2.45, 2.75) is 0 Å². The fourth-order valence-electron chi connectivity index (χ4n) is 1.80. The maximum atomic E-state index is 6.06. The van der Waals surface area contributed by atoms with Crippen molar-refractivity contribution in [3.8, 4) is 0 Å². The van der Waals surface area contributed by atoms with Crippen molar-refractivity contribution in [3.05, 3.63) is 35.6 Å². The van der Waals surface area contributed by atoms with Crippen molar-refractivity contribution in [1.29, 1.82) is 0 Å². The number of hydrogen-bond acceptors (Lipinski definition) is 2. The van der Waals surface area contributed by atoms with Crippen LogP contribution < -0.4 is 0 Å². The molecule has 0 aliphatic heterocycles. The van der Waals surface area contributed by atoms with E-state index in [0.717, 1.165) is 21.8 Å². The number of nitrogens with zero attached hydrogens (tertiary/aromatic N) is 3. The Morgan fingerprint density at radius 1 is 1.20 bits per heavy atom. The van der Waals surface area contributed by atoms with Gasteiger partial charge in [0.15, 0.2) is 5.15 Å². The quantitative estimate of drug-likeness (QED) is 0.542. The SMILES string of the molecule is Cn1cc2c(n1)c(Cl)nc1ccccc12. The molecular weight excluding hydrogens is 210 g/mol. The van der Waals surface area contributed by atoms with Crippen LogP contribution in [-0.2, 0) is 7.05 Å². The van der Waals surface area contributed by atoms with Crippen LogP contribution in [0.15, 0.2) is 30.5 Å². The summed E-state index contributed by atoms with van der Waals surface area (Å²) in [5.74, 6) is 0. The van der Waals surface area contributed by atoms with E-state index in [0.29, 0.717) is 5.15 Å². The lowest BCUT2D eigenvalue weighted by Crippen LogP contribution is -1.86. The molecule has 0 spiro atoms. The van der Waals surface area contributed by atoms with Crippen molar-refractivity contribution >= 4 is 33.4 Å². The van der Waals surface area contributed by atoms with Gasteiger partial charge in [0, 0.05) is 24.0 Å². The van der Waals surface area contributed by atoms with Crippen molar-refractivity contribution < 1.29 is 0 Å². The Labute approximate surface area is 91.3 Å². The van der Waals surface area contributed by atoms with Gasteiger partial charge in [0.25, 0.3) is 0 Å². The molecule has 0 aliphatic carbocycles. The summed E-state index contributed by atoms with van der Waals surface area (Å²) in [6, 6.07) is 7.93. The molecule has 0 aliphatic rings. The summed E-state index contributed by atoms with van der Waals surface area (Å²) in [6.45, 7) is 0. The Morgan fingerprint density at radius 3 is 2.87 bits per heavy atom. The maximum absolute atomic E-state index is 6.06. The van der Waals surface area contributed by atoms with E-state index in [-0.39, 0.29) is 0 Å². The van der Waals surface area contributed by atoms with Gasteiger partial charge in [-0.1, -0.05) is 29.8 Å². The third-order valence-corrected chi connectivity index (χ3v) is 2.70. The number of aryl methyl sites for hydroxylation is 1. The molecule has 4 heteroatoms. The summed E-state index contributed by atoms with van der Waals surface area (Å²) in [4.78, 5) is 4.31. The number of benzene rings is 1. The van der Waals surface area contributed by atoms with E-state index < -0.39 is 0 Å². The van der Waals surface area contributed by atoms with Gasteiger partial charge in [-0.05, 0) is 6.07 Å². The molecule has 15 heavy (non-hydrogen) atoms. The van der Waals surface area contributed by atoms with E-state index in [4.69, 9.17) is 11.6 Å². The largest absolute Gasteiger partial charge is 0.274 e. The first-order valence-electron chi connectivity index (χ1n) is 4.63. The number of fused-ring (bicyclic) bond motifs is 3. The van der Waals surface area contributed by atoms with Crippen LogP contribution in [0.3, 0.4) is 0 Å². The molecule has 0 N–H and O–H groups in total. The Kier molecular flexibility index (Phi) is 1.70. The van der Waals surface area contributed by atoms with Crippen molar-refractivity contribution in [1.82, 2.24) is 14.8 Å². The molecule has 0 amide bonds. The first-order chi connectivity index (χ1) is 7.25. The molecular formula is C11H8ClN3. The summed E-state index contributed by atoms with van der Waals surface area (Å²) in [5.41, 5.74) is 1.67. The smallest absolute Gasteiger partial charge is 0.157 e. The second-order valence-corrected chi connectivity index (χ2v) is 3.84. The van der Waals surface area contributed by atoms with Crippen LogP contribution in [0.5, 0.6) is 0 Å². The Balaban J connectivity index is 2.63. The van der Waals surface area contributed by atoms with E-state index in [1.54, 1.807) is 4.68 Å². The minimum Gasteiger partial charge on any atom is -0.274 e. The summed E-state index contributed by atoms with van der Waals surface area (Å²) in [5, 5.41) is 6.88. The van der Waals surface area contributed by atoms with E-state index >= 15 is 0 Å². The predicted octanol–water partition coefficient (Wildman–Crippen LogP) is 2.77. The van der Waals surface area contributed by atoms with Crippen LogP contribution in [0.1, 0.15) is 0 Å². The lowest BCUT2D eigenvalue weighted by molar-refractivity contribution is 0.779. The summed E-state index contributed by atoms with van der Waals surface area (Å²) >= 11 is 6.06. The van der Waals surface area contributed by atoms with Gasteiger partial charge < -0.3 is 0 Å². The van der Waals surface area contributed by atoms with Crippen LogP contribution in [0.2, 0.25) is 5.15 Å². The highest BCUT2D eigenvalue weighted by atomic mass is 35.5. The average molecular weight is 218 g/mol. The van der Waals surface area contributed by atoms with Crippen LogP contribution in [0.4, 0.5) is 0 Å². The van der Waals surface area contributed by atoms with E-state index in [2.05, 4.69) is 10.1 Å². The summed E-state index contributed by atoms with van der Waals surface area (Å²) in [7, 11) is 1.88. The third kappa shape index (κ3) is 1.20. The van der Waals surface area contributed by atoms with Crippen LogP contribution in [-0.4, -0.2) is 14.8 Å². The highest BCUT2D eigenvalue weighted by Gasteiger charge is 2.09. The zero-order valence-corrected chi connectivity index (χ0v) is 8.86. The monoisotopic (exact) mass is 217 g/mol. The van der Waals surface area contributed by atoms with Crippen molar-refractivity contribution in [3.63, 3.8) is 0 Å². The van der Waals surface area contributed by atoms with Gasteiger partial charge in [-0.2, -0.15) is 5.10 Å². The predicted molar refractivity (Wildman–Crippen MR) is 61.0 cm³/mol. The van der Waals surface area contributed by atoms with Gasteiger partial charge in [-0.3, -0.25) is 4.68 Å². The highest BCUT2D eigenvalue weighted by molar-refractivity contribution is 6.35. The molecule has 3 nitrogen and oxygen atoms in total. The fraction of sp³-hybridized carbons (Fsp3) is 0.0909. The first kappa shape index (κ1) is 8.68. The van der Waals surface area contributed by atoms with Crippen molar-refractivity contribution in [2.24, 2.45) is 7.05 Å². The van der Waals surface area contributed by atoms with Gasteiger partial charge in [0.05, 0.1) is 5.52 Å². The van der Waals surface area contributed by atoms with Crippen LogP contribution >= 0.6 is 11.6 Å². The number of halogens is 1. The second-order valence-electron chi connectivity index (χ2n) is 3.48. The molecule has 74 valence electrons. The molecule has 2 heterocycles. The lowest BCUT2D eigenvalue weighted by Gasteiger charge is -1.98. The van der Waals surface area contributed by atoms with E-state index in [9.17, 15) is 0 Å². The molecule has 0 atom stereocenters. The summed E-state index contributed by atoms with van der Waals surface area (Å²) in [6.07, 6.45) is 1.96.